The summed E-state index contributed by atoms with van der Waals surface area (Å²) in [6, 6.07) is 8.87. The van der Waals surface area contributed by atoms with Crippen molar-refractivity contribution in [3.05, 3.63) is 29.8 Å². The predicted molar refractivity (Wildman–Crippen MR) is 78.2 cm³/mol. The minimum atomic E-state index is 0.425. The Morgan fingerprint density at radius 1 is 1.17 bits per heavy atom. The molecule has 1 aromatic rings. The first-order valence-corrected chi connectivity index (χ1v) is 7.21. The van der Waals surface area contributed by atoms with E-state index in [4.69, 9.17) is 4.74 Å². The van der Waals surface area contributed by atoms with Crippen molar-refractivity contribution < 1.29 is 4.74 Å². The van der Waals surface area contributed by atoms with Crippen LogP contribution in [0.5, 0.6) is 5.75 Å². The normalized spacial score (nSPS) is 12.4. The van der Waals surface area contributed by atoms with Crippen molar-refractivity contribution in [2.24, 2.45) is 0 Å². The Morgan fingerprint density at radius 3 is 2.67 bits per heavy atom. The molecule has 0 spiro atoms. The average Bonchev–Trinajstić information content (AvgIpc) is 2.40. The highest BCUT2D eigenvalue weighted by atomic mass is 16.5. The van der Waals surface area contributed by atoms with E-state index in [2.05, 4.69) is 37.4 Å². The number of unbranched alkanes of at least 4 members (excludes halogenated alkanes) is 3. The molecule has 1 unspecified atom stereocenters. The molecule has 1 aromatic carbocycles. The van der Waals surface area contributed by atoms with Crippen molar-refractivity contribution in [2.45, 2.75) is 52.0 Å². The first-order chi connectivity index (χ1) is 8.81. The summed E-state index contributed by atoms with van der Waals surface area (Å²) < 4.78 is 5.80. The Morgan fingerprint density at radius 2 is 2.00 bits per heavy atom. The molecule has 0 amide bonds. The van der Waals surface area contributed by atoms with Crippen LogP contribution in [0.4, 0.5) is 0 Å². The van der Waals surface area contributed by atoms with Crippen LogP contribution in [0, 0.1) is 0 Å². The summed E-state index contributed by atoms with van der Waals surface area (Å²) in [7, 11) is 2.01. The zero-order valence-electron chi connectivity index (χ0n) is 12.0. The van der Waals surface area contributed by atoms with E-state index in [1.54, 1.807) is 0 Å². The lowest BCUT2D eigenvalue weighted by molar-refractivity contribution is 0.304. The molecule has 0 aliphatic heterocycles. The molecule has 1 N–H and O–H groups in total. The third-order valence-electron chi connectivity index (χ3n) is 3.28. The van der Waals surface area contributed by atoms with Crippen LogP contribution in [0.2, 0.25) is 0 Å². The van der Waals surface area contributed by atoms with Gasteiger partial charge in [0.25, 0.3) is 0 Å². The lowest BCUT2D eigenvalue weighted by Crippen LogP contribution is -2.15. The highest BCUT2D eigenvalue weighted by molar-refractivity contribution is 5.30. The van der Waals surface area contributed by atoms with E-state index in [1.807, 2.05) is 13.1 Å². The average molecular weight is 249 g/mol. The zero-order chi connectivity index (χ0) is 13.2. The molecule has 18 heavy (non-hydrogen) atoms. The molecule has 0 radical (unpaired) electrons. The number of nitrogens with one attached hydrogen (secondary N) is 1. The fourth-order valence-corrected chi connectivity index (χ4v) is 2.15. The Labute approximate surface area is 112 Å². The van der Waals surface area contributed by atoms with E-state index >= 15 is 0 Å². The van der Waals surface area contributed by atoms with Gasteiger partial charge in [-0.05, 0) is 37.6 Å². The molecule has 2 heteroatoms. The van der Waals surface area contributed by atoms with Crippen LogP contribution in [0.15, 0.2) is 24.3 Å². The second kappa shape index (κ2) is 8.98. The van der Waals surface area contributed by atoms with Crippen LogP contribution < -0.4 is 10.1 Å². The van der Waals surface area contributed by atoms with Crippen molar-refractivity contribution in [3.63, 3.8) is 0 Å². The summed E-state index contributed by atoms with van der Waals surface area (Å²) >= 11 is 0. The fourth-order valence-electron chi connectivity index (χ4n) is 2.15. The molecule has 0 aromatic heterocycles. The molecule has 0 saturated carbocycles. The molecule has 0 aliphatic carbocycles. The Kier molecular flexibility index (Phi) is 7.51. The molecular formula is C16H27NO. The van der Waals surface area contributed by atoms with Gasteiger partial charge < -0.3 is 10.1 Å². The third-order valence-corrected chi connectivity index (χ3v) is 3.28. The van der Waals surface area contributed by atoms with Gasteiger partial charge in [-0.1, -0.05) is 45.2 Å². The number of hydrogen-bond acceptors (Lipinski definition) is 2. The molecule has 0 aliphatic rings. The lowest BCUT2D eigenvalue weighted by Gasteiger charge is -2.15. The van der Waals surface area contributed by atoms with E-state index in [1.165, 1.54) is 24.8 Å². The van der Waals surface area contributed by atoms with Crippen LogP contribution in [-0.2, 0) is 0 Å². The minimum Gasteiger partial charge on any atom is -0.494 e. The van der Waals surface area contributed by atoms with Gasteiger partial charge in [-0.25, -0.2) is 0 Å². The third kappa shape index (κ3) is 5.09. The molecule has 0 heterocycles. The first-order valence-electron chi connectivity index (χ1n) is 7.21. The summed E-state index contributed by atoms with van der Waals surface area (Å²) in [5.41, 5.74) is 1.31. The highest BCUT2D eigenvalue weighted by Gasteiger charge is 2.06. The fraction of sp³-hybridized carbons (Fsp3) is 0.625. The SMILES string of the molecule is CCCCCCOc1cccc(C(CC)NC)c1. The number of rotatable bonds is 9. The Bertz CT molecular complexity index is 321. The molecule has 0 bridgehead atoms. The van der Waals surface area contributed by atoms with Gasteiger partial charge in [0.15, 0.2) is 0 Å². The molecular weight excluding hydrogens is 222 g/mol. The van der Waals surface area contributed by atoms with E-state index < -0.39 is 0 Å². The van der Waals surface area contributed by atoms with Gasteiger partial charge in [-0.2, -0.15) is 0 Å². The van der Waals surface area contributed by atoms with Crippen molar-refractivity contribution in [3.8, 4) is 5.75 Å². The largest absolute Gasteiger partial charge is 0.494 e. The van der Waals surface area contributed by atoms with E-state index in [9.17, 15) is 0 Å². The molecule has 2 nitrogen and oxygen atoms in total. The van der Waals surface area contributed by atoms with Gasteiger partial charge in [0.05, 0.1) is 6.61 Å². The van der Waals surface area contributed by atoms with Gasteiger partial charge >= 0.3 is 0 Å². The maximum absolute atomic E-state index is 5.80. The molecule has 1 atom stereocenters. The topological polar surface area (TPSA) is 21.3 Å². The quantitative estimate of drug-likeness (QED) is 0.658. The van der Waals surface area contributed by atoms with Crippen LogP contribution in [0.25, 0.3) is 0 Å². The summed E-state index contributed by atoms with van der Waals surface area (Å²) in [6.07, 6.45) is 6.10. The van der Waals surface area contributed by atoms with Crippen LogP contribution in [-0.4, -0.2) is 13.7 Å². The second-order valence-corrected chi connectivity index (χ2v) is 4.73. The molecule has 102 valence electrons. The summed E-state index contributed by atoms with van der Waals surface area (Å²) in [4.78, 5) is 0. The Hall–Kier alpha value is -1.02. The standard InChI is InChI=1S/C16H27NO/c1-4-6-7-8-12-18-15-11-9-10-14(13-15)16(5-2)17-3/h9-11,13,16-17H,4-8,12H2,1-3H3. The van der Waals surface area contributed by atoms with Gasteiger partial charge in [0.1, 0.15) is 5.75 Å². The predicted octanol–water partition coefficient (Wildman–Crippen LogP) is 4.32. The van der Waals surface area contributed by atoms with Gasteiger partial charge in [0, 0.05) is 6.04 Å². The number of hydrogen-bond donors (Lipinski definition) is 1. The minimum absolute atomic E-state index is 0.425. The highest BCUT2D eigenvalue weighted by Crippen LogP contribution is 2.21. The van der Waals surface area contributed by atoms with Crippen LogP contribution in [0.1, 0.15) is 57.6 Å². The van der Waals surface area contributed by atoms with E-state index in [0.717, 1.165) is 25.2 Å². The van der Waals surface area contributed by atoms with E-state index in [-0.39, 0.29) is 0 Å². The summed E-state index contributed by atoms with van der Waals surface area (Å²) in [5.74, 6) is 0.998. The van der Waals surface area contributed by atoms with Gasteiger partial charge in [-0.15, -0.1) is 0 Å². The summed E-state index contributed by atoms with van der Waals surface area (Å²) in [6.45, 7) is 5.26. The lowest BCUT2D eigenvalue weighted by atomic mass is 10.0. The molecule has 0 saturated heterocycles. The monoisotopic (exact) mass is 249 g/mol. The zero-order valence-corrected chi connectivity index (χ0v) is 12.0. The summed E-state index contributed by atoms with van der Waals surface area (Å²) in [5, 5.41) is 3.32. The van der Waals surface area contributed by atoms with Crippen molar-refractivity contribution in [2.75, 3.05) is 13.7 Å². The van der Waals surface area contributed by atoms with Crippen molar-refractivity contribution >= 4 is 0 Å². The van der Waals surface area contributed by atoms with Gasteiger partial charge in [-0.3, -0.25) is 0 Å². The smallest absolute Gasteiger partial charge is 0.119 e. The number of benzene rings is 1. The Balaban J connectivity index is 2.44. The molecule has 0 fully saturated rings. The van der Waals surface area contributed by atoms with Gasteiger partial charge in [0.2, 0.25) is 0 Å². The first kappa shape index (κ1) is 15.0. The van der Waals surface area contributed by atoms with Crippen LogP contribution in [0.3, 0.4) is 0 Å². The van der Waals surface area contributed by atoms with Crippen molar-refractivity contribution in [1.29, 1.82) is 0 Å². The van der Waals surface area contributed by atoms with Crippen LogP contribution >= 0.6 is 0 Å². The second-order valence-electron chi connectivity index (χ2n) is 4.73. The molecule has 1 rings (SSSR count). The van der Waals surface area contributed by atoms with E-state index in [0.29, 0.717) is 6.04 Å². The maximum Gasteiger partial charge on any atom is 0.119 e. The van der Waals surface area contributed by atoms with Crippen molar-refractivity contribution in [1.82, 2.24) is 5.32 Å². The maximum atomic E-state index is 5.80. The number of ether oxygens (including phenoxy) is 1.